The van der Waals surface area contributed by atoms with E-state index in [1.165, 1.54) is 30.0 Å². The van der Waals surface area contributed by atoms with Crippen LogP contribution in [0.4, 0.5) is 10.1 Å². The molecule has 0 atom stereocenters. The van der Waals surface area contributed by atoms with E-state index in [0.717, 1.165) is 15.4 Å². The summed E-state index contributed by atoms with van der Waals surface area (Å²) in [6.45, 7) is 0. The number of halogens is 3. The van der Waals surface area contributed by atoms with Gasteiger partial charge in [-0.3, -0.25) is 4.79 Å². The summed E-state index contributed by atoms with van der Waals surface area (Å²) < 4.78 is 21.8. The Hall–Kier alpha value is -2.36. The second-order valence-electron chi connectivity index (χ2n) is 6.12. The van der Waals surface area contributed by atoms with Gasteiger partial charge in [0.2, 0.25) is 5.91 Å². The molecule has 2 aromatic carbocycles. The number of rotatable bonds is 5. The Morgan fingerprint density at radius 2 is 2.10 bits per heavy atom. The summed E-state index contributed by atoms with van der Waals surface area (Å²) >= 11 is 10.4. The van der Waals surface area contributed by atoms with Crippen LogP contribution in [0, 0.1) is 5.82 Å². The lowest BCUT2D eigenvalue weighted by Gasteiger charge is -2.06. The van der Waals surface area contributed by atoms with E-state index < -0.39 is 5.82 Å². The van der Waals surface area contributed by atoms with E-state index in [9.17, 15) is 9.18 Å². The molecule has 29 heavy (non-hydrogen) atoms. The van der Waals surface area contributed by atoms with Crippen molar-refractivity contribution >= 4 is 61.9 Å². The van der Waals surface area contributed by atoms with Crippen molar-refractivity contribution in [3.63, 3.8) is 0 Å². The molecule has 6 nitrogen and oxygen atoms in total. The summed E-state index contributed by atoms with van der Waals surface area (Å²) in [5, 5.41) is 12.5. The van der Waals surface area contributed by atoms with Crippen molar-refractivity contribution in [1.29, 1.82) is 0 Å². The molecule has 4 aromatic rings. The van der Waals surface area contributed by atoms with Gasteiger partial charge in [-0.05, 0) is 42.5 Å². The highest BCUT2D eigenvalue weighted by molar-refractivity contribution is 9.10. The van der Waals surface area contributed by atoms with Gasteiger partial charge in [-0.15, -0.1) is 10.2 Å². The Bertz CT molecular complexity index is 1230. The minimum absolute atomic E-state index is 0.0498. The highest BCUT2D eigenvalue weighted by Gasteiger charge is 2.16. The highest BCUT2D eigenvalue weighted by Crippen LogP contribution is 2.30. The minimum Gasteiger partial charge on any atom is -0.453 e. The first-order valence-electron chi connectivity index (χ1n) is 8.37. The zero-order valence-electron chi connectivity index (χ0n) is 14.9. The van der Waals surface area contributed by atoms with Crippen molar-refractivity contribution in [2.75, 3.05) is 11.1 Å². The predicted molar refractivity (Wildman–Crippen MR) is 115 cm³/mol. The number of hydrogen-bond donors (Lipinski definition) is 1. The maximum atomic E-state index is 13.2. The molecule has 0 fully saturated rings. The van der Waals surface area contributed by atoms with Crippen LogP contribution in [0.3, 0.4) is 0 Å². The standard InChI is InChI=1S/C19H13BrClFN4O2S/c1-26-18(16-7-10-6-11(20)2-5-15(10)28-16)24-25-19(26)29-9-17(27)23-12-3-4-14(22)13(21)8-12/h2-8H,9H2,1H3,(H,23,27). The van der Waals surface area contributed by atoms with Gasteiger partial charge < -0.3 is 14.3 Å². The van der Waals surface area contributed by atoms with Gasteiger partial charge in [0, 0.05) is 22.6 Å². The van der Waals surface area contributed by atoms with Gasteiger partial charge >= 0.3 is 0 Å². The molecule has 1 amide bonds. The fourth-order valence-corrected chi connectivity index (χ4v) is 3.95. The monoisotopic (exact) mass is 494 g/mol. The average Bonchev–Trinajstić information content (AvgIpc) is 3.25. The third-order valence-electron chi connectivity index (χ3n) is 4.07. The van der Waals surface area contributed by atoms with Gasteiger partial charge in [0.05, 0.1) is 10.8 Å². The number of fused-ring (bicyclic) bond motifs is 1. The first kappa shape index (κ1) is 19.9. The number of anilines is 1. The molecule has 10 heteroatoms. The SMILES string of the molecule is Cn1c(SCC(=O)Nc2ccc(F)c(Cl)c2)nnc1-c1cc2cc(Br)ccc2o1. The fraction of sp³-hybridized carbons (Fsp3) is 0.105. The third-order valence-corrected chi connectivity index (χ3v) is 5.87. The van der Waals surface area contributed by atoms with Crippen LogP contribution >= 0.6 is 39.3 Å². The van der Waals surface area contributed by atoms with Crippen molar-refractivity contribution in [1.82, 2.24) is 14.8 Å². The number of furan rings is 1. The molecular formula is C19H13BrClFN4O2S. The van der Waals surface area contributed by atoms with Crippen LogP contribution < -0.4 is 5.32 Å². The zero-order chi connectivity index (χ0) is 20.5. The molecule has 0 unspecified atom stereocenters. The predicted octanol–water partition coefficient (Wildman–Crippen LogP) is 5.51. The van der Waals surface area contributed by atoms with E-state index in [1.807, 2.05) is 24.3 Å². The third kappa shape index (κ3) is 4.31. The molecule has 4 rings (SSSR count). The second-order valence-corrected chi connectivity index (χ2v) is 8.39. The van der Waals surface area contributed by atoms with Gasteiger partial charge in [-0.2, -0.15) is 0 Å². The number of carbonyl (C=O) groups is 1. The highest BCUT2D eigenvalue weighted by atomic mass is 79.9. The van der Waals surface area contributed by atoms with Crippen molar-refractivity contribution in [2.24, 2.45) is 7.05 Å². The number of amides is 1. The van der Waals surface area contributed by atoms with Crippen LogP contribution in [0.2, 0.25) is 5.02 Å². The van der Waals surface area contributed by atoms with Crippen molar-refractivity contribution in [2.45, 2.75) is 5.16 Å². The zero-order valence-corrected chi connectivity index (χ0v) is 18.1. The molecule has 0 aliphatic heterocycles. The molecule has 0 radical (unpaired) electrons. The minimum atomic E-state index is -0.538. The number of nitrogens with zero attached hydrogens (tertiary/aromatic N) is 3. The summed E-state index contributed by atoms with van der Waals surface area (Å²) in [7, 11) is 1.80. The van der Waals surface area contributed by atoms with Crippen molar-refractivity contribution < 1.29 is 13.6 Å². The Balaban J connectivity index is 1.45. The van der Waals surface area contributed by atoms with E-state index in [2.05, 4.69) is 31.4 Å². The first-order valence-corrected chi connectivity index (χ1v) is 10.5. The van der Waals surface area contributed by atoms with Gasteiger partial charge in [0.25, 0.3) is 0 Å². The van der Waals surface area contributed by atoms with Crippen molar-refractivity contribution in [3.8, 4) is 11.6 Å². The van der Waals surface area contributed by atoms with Gasteiger partial charge in [0.15, 0.2) is 16.7 Å². The molecule has 0 bridgehead atoms. The van der Waals surface area contributed by atoms with E-state index >= 15 is 0 Å². The maximum absolute atomic E-state index is 13.2. The Morgan fingerprint density at radius 3 is 2.90 bits per heavy atom. The molecule has 0 saturated heterocycles. The lowest BCUT2D eigenvalue weighted by Crippen LogP contribution is -2.14. The summed E-state index contributed by atoms with van der Waals surface area (Å²) in [6.07, 6.45) is 0. The van der Waals surface area contributed by atoms with Crippen LogP contribution in [0.5, 0.6) is 0 Å². The molecule has 0 aliphatic rings. The van der Waals surface area contributed by atoms with E-state index in [0.29, 0.717) is 22.4 Å². The van der Waals surface area contributed by atoms with Gasteiger partial charge in [-0.25, -0.2) is 4.39 Å². The fourth-order valence-electron chi connectivity index (χ4n) is 2.68. The summed E-state index contributed by atoms with van der Waals surface area (Å²) in [6, 6.07) is 11.6. The molecule has 0 spiro atoms. The lowest BCUT2D eigenvalue weighted by atomic mass is 10.2. The largest absolute Gasteiger partial charge is 0.453 e. The summed E-state index contributed by atoms with van der Waals surface area (Å²) in [5.41, 5.74) is 1.17. The number of benzene rings is 2. The molecule has 1 N–H and O–H groups in total. The number of nitrogens with one attached hydrogen (secondary N) is 1. The van der Waals surface area contributed by atoms with Crippen molar-refractivity contribution in [3.05, 3.63) is 57.8 Å². The van der Waals surface area contributed by atoms with E-state index in [1.54, 1.807) is 11.6 Å². The van der Waals surface area contributed by atoms with E-state index in [-0.39, 0.29) is 16.7 Å². The first-order chi connectivity index (χ1) is 13.9. The van der Waals surface area contributed by atoms with Gasteiger partial charge in [-0.1, -0.05) is 39.3 Å². The van der Waals surface area contributed by atoms with E-state index in [4.69, 9.17) is 16.0 Å². The van der Waals surface area contributed by atoms with Crippen LogP contribution in [-0.4, -0.2) is 26.4 Å². The maximum Gasteiger partial charge on any atom is 0.234 e. The van der Waals surface area contributed by atoms with Crippen LogP contribution in [0.1, 0.15) is 0 Å². The number of aromatic nitrogens is 3. The average molecular weight is 496 g/mol. The van der Waals surface area contributed by atoms with Crippen LogP contribution in [0.25, 0.3) is 22.6 Å². The molecular weight excluding hydrogens is 483 g/mol. The normalized spacial score (nSPS) is 11.2. The number of hydrogen-bond acceptors (Lipinski definition) is 5. The van der Waals surface area contributed by atoms with Crippen LogP contribution in [0.15, 0.2) is 56.5 Å². The quantitative estimate of drug-likeness (QED) is 0.369. The Morgan fingerprint density at radius 1 is 1.28 bits per heavy atom. The van der Waals surface area contributed by atoms with Gasteiger partial charge in [0.1, 0.15) is 11.4 Å². The summed E-state index contributed by atoms with van der Waals surface area (Å²) in [5.74, 6) is 0.448. The molecule has 2 aromatic heterocycles. The molecule has 2 heterocycles. The number of carbonyl (C=O) groups excluding carboxylic acids is 1. The Kier molecular flexibility index (Phi) is 5.62. The lowest BCUT2D eigenvalue weighted by molar-refractivity contribution is -0.113. The second kappa shape index (κ2) is 8.17. The molecule has 0 aliphatic carbocycles. The molecule has 148 valence electrons. The number of thioether (sulfide) groups is 1. The smallest absolute Gasteiger partial charge is 0.234 e. The molecule has 0 saturated carbocycles. The van der Waals surface area contributed by atoms with Crippen LogP contribution in [-0.2, 0) is 11.8 Å². The topological polar surface area (TPSA) is 73.0 Å². The Labute approximate surface area is 182 Å². The summed E-state index contributed by atoms with van der Waals surface area (Å²) in [4.78, 5) is 12.2.